The molecule has 3 aliphatic heterocycles. The maximum absolute atomic E-state index is 12.0. The molecule has 0 saturated carbocycles. The third-order valence-corrected chi connectivity index (χ3v) is 19.4. The predicted octanol–water partition coefficient (Wildman–Crippen LogP) is 14.5. The lowest BCUT2D eigenvalue weighted by molar-refractivity contribution is -0.124. The summed E-state index contributed by atoms with van der Waals surface area (Å²) in [6.45, 7) is 23.6. The van der Waals surface area contributed by atoms with Crippen molar-refractivity contribution in [2.45, 2.75) is 163 Å². The standard InChI is InChI=1S/C18H29N3O4.C13H21N3O2.C11H12BrN3O2.C9H13BrN2.2C7H9BrN2.C6H4BrN3.C6H5N3.C5H8O2.CH4/c1-17(2,3)25-16(22)20-15-10-13(12-21(4)5)14(11-19-15)18(23)6-8-24-9-7-18;1-16(2)9-10-7-12(14)15-8-11(10)13(17)3-5-18-6-4-13;1-11(2,3)17-10(16)15-9-4-7(5-13)8(12)6-14-9;1-7-4-8(6-12(2)3)9(10)5-11-7;2*1-5-2-6(3-9)7(8)4-10-5;7-5-3-10-6(9)1-4(5)2-8;7-4-5-1-2-9-6(8)3-5;6-5-1-3-7-4-2-5;/h10-11,23H,6-9,12H2,1-5H3,(H,19,20,22);7-8,17H,3-6,9H2,1-2H3,(H2,14,15);4,6H,1-3H3,(H,14,15,16);4-5H,6H2,1-3H3;2*2,4H,3,9H2,1H3;1,3H,(H2,9,10);1-3H,(H2,8,9);1-4H2;1H4. The summed E-state index contributed by atoms with van der Waals surface area (Å²) in [7, 11) is 12.0. The molecule has 8 aromatic rings. The fourth-order valence-corrected chi connectivity index (χ4v) is 12.2. The lowest BCUT2D eigenvalue weighted by Crippen LogP contribution is -2.35. The van der Waals surface area contributed by atoms with Crippen molar-refractivity contribution in [2.75, 3.05) is 110 Å². The number of aryl methyl sites for hydroxylation is 3. The number of carbonyl (C=O) groups excluding carboxylic acids is 3. The monoisotopic (exact) mass is 1960 g/mol. The van der Waals surface area contributed by atoms with Crippen LogP contribution in [0.25, 0.3) is 0 Å². The average molecular weight is 1970 g/mol. The Morgan fingerprint density at radius 3 is 1.19 bits per heavy atom. The third-order valence-electron chi connectivity index (χ3n) is 15.9. The molecule has 119 heavy (non-hydrogen) atoms. The summed E-state index contributed by atoms with van der Waals surface area (Å²) < 4.78 is 30.2. The topological polar surface area (TPSA) is 476 Å². The quantitative estimate of drug-likeness (QED) is 0.0548. The van der Waals surface area contributed by atoms with Crippen LogP contribution in [0.2, 0.25) is 0 Å². The molecular weight excluding hydrogens is 1850 g/mol. The van der Waals surface area contributed by atoms with Crippen LogP contribution in [0.3, 0.4) is 0 Å². The van der Waals surface area contributed by atoms with Crippen LogP contribution >= 0.6 is 79.6 Å². The van der Waals surface area contributed by atoms with E-state index in [4.69, 9.17) is 68.1 Å². The number of rotatable bonds is 12. The van der Waals surface area contributed by atoms with Crippen molar-refractivity contribution in [3.05, 3.63) is 199 Å². The van der Waals surface area contributed by atoms with E-state index in [0.29, 0.717) is 152 Å². The van der Waals surface area contributed by atoms with Crippen LogP contribution in [-0.4, -0.2) is 176 Å². The molecule has 31 nitrogen and oxygen atoms in total. The highest BCUT2D eigenvalue weighted by Gasteiger charge is 2.36. The van der Waals surface area contributed by atoms with Crippen LogP contribution in [0.1, 0.15) is 160 Å². The van der Waals surface area contributed by atoms with Crippen LogP contribution in [0, 0.1) is 54.8 Å². The van der Waals surface area contributed by atoms with Crippen molar-refractivity contribution < 1.29 is 48.3 Å². The number of nitrogen functional groups attached to an aromatic ring is 3. The van der Waals surface area contributed by atoms with Crippen molar-refractivity contribution in [1.29, 1.82) is 15.8 Å². The average Bonchev–Trinajstić information content (AvgIpc) is 0.785. The molecule has 0 spiro atoms. The number of nitrogens with zero attached hydrogens (tertiary/aromatic N) is 14. The Balaban J connectivity index is 0.000000465. The van der Waals surface area contributed by atoms with E-state index < -0.39 is 34.6 Å². The van der Waals surface area contributed by atoms with Gasteiger partial charge in [0.1, 0.15) is 58.2 Å². The van der Waals surface area contributed by atoms with E-state index in [-0.39, 0.29) is 13.2 Å². The second-order valence-electron chi connectivity index (χ2n) is 29.5. The van der Waals surface area contributed by atoms with Crippen molar-refractivity contribution >= 4 is 127 Å². The van der Waals surface area contributed by atoms with Crippen molar-refractivity contribution in [3.63, 3.8) is 0 Å². The number of ether oxygens (including phenoxy) is 5. The minimum absolute atomic E-state index is 0. The molecule has 2 amide bonds. The van der Waals surface area contributed by atoms with Gasteiger partial charge >= 0.3 is 12.2 Å². The highest BCUT2D eigenvalue weighted by atomic mass is 79.9. The van der Waals surface area contributed by atoms with Crippen LogP contribution in [0.5, 0.6) is 0 Å². The van der Waals surface area contributed by atoms with Gasteiger partial charge in [-0.15, -0.1) is 0 Å². The van der Waals surface area contributed by atoms with Gasteiger partial charge in [-0.05, 0) is 267 Å². The Hall–Kier alpha value is -8.72. The first-order valence-corrected chi connectivity index (χ1v) is 41.0. The van der Waals surface area contributed by atoms with Crippen LogP contribution in [0.4, 0.5) is 38.7 Å². The second-order valence-corrected chi connectivity index (χ2v) is 33.8. The lowest BCUT2D eigenvalue weighted by atomic mass is 9.84. The normalized spacial score (nSPS) is 13.5. The van der Waals surface area contributed by atoms with E-state index in [1.807, 2.05) is 96.5 Å². The first-order valence-electron chi connectivity index (χ1n) is 37.0. The number of halogens is 5. The summed E-state index contributed by atoms with van der Waals surface area (Å²) in [5, 5.41) is 52.5. The zero-order valence-corrected chi connectivity index (χ0v) is 77.5. The largest absolute Gasteiger partial charge is 0.444 e. The lowest BCUT2D eigenvalue weighted by Gasteiger charge is -2.34. The molecule has 3 saturated heterocycles. The molecule has 3 aliphatic rings. The third kappa shape index (κ3) is 42.4. The number of hydrogen-bond acceptors (Lipinski definition) is 29. The molecule has 0 bridgehead atoms. The Kier molecular flexibility index (Phi) is 48.1. The van der Waals surface area contributed by atoms with Gasteiger partial charge in [-0.3, -0.25) is 30.4 Å². The number of carbonyl (C=O) groups is 3. The number of nitriles is 3. The van der Waals surface area contributed by atoms with E-state index in [0.717, 1.165) is 77.0 Å². The maximum atomic E-state index is 12.0. The number of anilines is 5. The molecule has 14 N–H and O–H groups in total. The van der Waals surface area contributed by atoms with Gasteiger partial charge in [0, 0.05) is 189 Å². The van der Waals surface area contributed by atoms with E-state index in [1.165, 1.54) is 42.4 Å². The van der Waals surface area contributed by atoms with E-state index in [1.54, 1.807) is 78.5 Å². The van der Waals surface area contributed by atoms with E-state index >= 15 is 0 Å². The Morgan fingerprint density at radius 1 is 0.479 bits per heavy atom. The fraction of sp³-hybridized carbons (Fsp3) is 0.446. The SMILES string of the molecule is C.CC(C)(C)OC(=O)Nc1cc(C#N)c(Br)cn1.CN(C)Cc1cc(N)ncc1C1(O)CCOCC1.CN(C)Cc1cc(NC(=O)OC(C)(C)C)ncc1C1(O)CCOCC1.Cc1cc(CN(C)C)c(Br)cn1.Cc1cc(CN)c(Br)cn1.Cc1cc(CN)c(Br)cn1.N#Cc1cc(N)ncc1Br.N#Cc1ccnc(N)c1.O=C1CCOCC1. The molecule has 646 valence electrons. The zero-order chi connectivity index (χ0) is 88.5. The van der Waals surface area contributed by atoms with E-state index in [9.17, 15) is 24.6 Å². The number of nitrogens with one attached hydrogen (secondary N) is 2. The number of pyridine rings is 8. The van der Waals surface area contributed by atoms with Gasteiger partial charge in [-0.1, -0.05) is 7.43 Å². The number of ketones is 1. The van der Waals surface area contributed by atoms with Gasteiger partial charge < -0.3 is 77.3 Å². The molecule has 0 unspecified atom stereocenters. The highest BCUT2D eigenvalue weighted by Crippen LogP contribution is 2.37. The first-order chi connectivity index (χ1) is 55.4. The first kappa shape index (κ1) is 106. The van der Waals surface area contributed by atoms with Gasteiger partial charge in [-0.25, -0.2) is 34.5 Å². The summed E-state index contributed by atoms with van der Waals surface area (Å²) in [6.07, 6.45) is 15.6. The molecule has 11 heterocycles. The molecule has 0 aliphatic carbocycles. The van der Waals surface area contributed by atoms with Crippen LogP contribution < -0.4 is 39.3 Å². The number of amides is 2. The second kappa shape index (κ2) is 53.8. The predicted molar refractivity (Wildman–Crippen MR) is 481 cm³/mol. The molecule has 11 rings (SSSR count). The Bertz CT molecular complexity index is 4580. The summed E-state index contributed by atoms with van der Waals surface area (Å²) in [5.74, 6) is 2.26. The molecular formula is C83H114Br5N21O10. The number of hydrogen-bond donors (Lipinski definition) is 9. The summed E-state index contributed by atoms with van der Waals surface area (Å²) in [4.78, 5) is 72.2. The molecule has 0 atom stereocenters. The molecule has 3 fully saturated rings. The zero-order valence-electron chi connectivity index (χ0n) is 69.5. The van der Waals surface area contributed by atoms with Crippen LogP contribution in [-0.2, 0) is 72.4 Å². The number of aromatic nitrogens is 8. The van der Waals surface area contributed by atoms with Gasteiger partial charge in [0.25, 0.3) is 0 Å². The number of Topliss-reactive ketones (excluding diaryl/α,β-unsaturated/α-hetero) is 1. The van der Waals surface area contributed by atoms with Crippen LogP contribution in [0.15, 0.2) is 127 Å². The number of aliphatic hydroxyl groups is 2. The summed E-state index contributed by atoms with van der Waals surface area (Å²) in [5.41, 5.74) is 36.0. The molecule has 36 heteroatoms. The Morgan fingerprint density at radius 2 is 0.824 bits per heavy atom. The minimum atomic E-state index is -0.943. The maximum Gasteiger partial charge on any atom is 0.413 e. The summed E-state index contributed by atoms with van der Waals surface area (Å²) in [6, 6.07) is 21.7. The van der Waals surface area contributed by atoms with Crippen molar-refractivity contribution in [1.82, 2.24) is 54.6 Å². The smallest absolute Gasteiger partial charge is 0.413 e. The van der Waals surface area contributed by atoms with Gasteiger partial charge in [0.2, 0.25) is 0 Å². The molecule has 0 radical (unpaired) electrons. The minimum Gasteiger partial charge on any atom is -0.444 e. The fourth-order valence-electron chi connectivity index (χ4n) is 10.5. The summed E-state index contributed by atoms with van der Waals surface area (Å²) >= 11 is 16.5. The van der Waals surface area contributed by atoms with E-state index in [2.05, 4.69) is 160 Å². The molecule has 8 aromatic heterocycles. The van der Waals surface area contributed by atoms with Gasteiger partial charge in [-0.2, -0.15) is 15.8 Å². The molecule has 0 aromatic carbocycles. The van der Waals surface area contributed by atoms with Crippen molar-refractivity contribution in [3.8, 4) is 18.2 Å². The number of nitrogens with two attached hydrogens (primary N) is 5. The highest BCUT2D eigenvalue weighted by molar-refractivity contribution is 9.11. The van der Waals surface area contributed by atoms with Crippen molar-refractivity contribution in [2.24, 2.45) is 11.5 Å². The Labute approximate surface area is 742 Å². The van der Waals surface area contributed by atoms with Gasteiger partial charge in [0.15, 0.2) is 0 Å². The van der Waals surface area contributed by atoms with Gasteiger partial charge in [0.05, 0.1) is 56.1 Å².